The molecule has 9 nitrogen and oxygen atoms in total. The molecule has 1 fully saturated rings. The lowest BCUT2D eigenvalue weighted by Crippen LogP contribution is -2.48. The second-order valence-corrected chi connectivity index (χ2v) is 14.7. The molecule has 2 aromatic carbocycles. The lowest BCUT2D eigenvalue weighted by atomic mass is 9.81. The van der Waals surface area contributed by atoms with E-state index >= 15 is 0 Å². The summed E-state index contributed by atoms with van der Waals surface area (Å²) in [7, 11) is -0.452. The fourth-order valence-corrected chi connectivity index (χ4v) is 7.90. The number of carbonyl (C=O) groups excluding carboxylic acids is 1. The first kappa shape index (κ1) is 31.0. The van der Waals surface area contributed by atoms with Crippen LogP contribution in [0.15, 0.2) is 36.4 Å². The first-order valence-corrected chi connectivity index (χ1v) is 17.3. The van der Waals surface area contributed by atoms with Crippen LogP contribution in [-0.4, -0.2) is 92.0 Å². The average Bonchev–Trinajstić information content (AvgIpc) is 3.30. The predicted octanol–water partition coefficient (Wildman–Crippen LogP) is 4.82. The van der Waals surface area contributed by atoms with Gasteiger partial charge in [-0.15, -0.1) is 0 Å². The van der Waals surface area contributed by atoms with Crippen molar-refractivity contribution < 1.29 is 22.3 Å². The lowest BCUT2D eigenvalue weighted by Gasteiger charge is -2.35. The molecule has 4 bridgehead atoms. The number of nitrogens with zero attached hydrogens (tertiary/aromatic N) is 4. The molecule has 1 N–H and O–H groups in total. The molecule has 3 aromatic rings. The summed E-state index contributed by atoms with van der Waals surface area (Å²) < 4.78 is 53.5. The van der Waals surface area contributed by atoms with Crippen molar-refractivity contribution in [2.24, 2.45) is 0 Å². The highest BCUT2D eigenvalue weighted by molar-refractivity contribution is 7.87. The van der Waals surface area contributed by atoms with Crippen LogP contribution in [0.2, 0.25) is 0 Å². The second kappa shape index (κ2) is 12.4. The lowest BCUT2D eigenvalue weighted by molar-refractivity contribution is 0.0978. The highest BCUT2D eigenvalue weighted by atomic mass is 32.2. The summed E-state index contributed by atoms with van der Waals surface area (Å²) >= 11 is 0. The van der Waals surface area contributed by atoms with Gasteiger partial charge in [0.25, 0.3) is 5.91 Å². The van der Waals surface area contributed by atoms with E-state index < -0.39 is 16.1 Å². The van der Waals surface area contributed by atoms with E-state index in [1.54, 1.807) is 24.3 Å². The molecule has 1 saturated carbocycles. The van der Waals surface area contributed by atoms with Crippen molar-refractivity contribution in [2.45, 2.75) is 70.5 Å². The maximum atomic E-state index is 14.9. The Morgan fingerprint density at radius 3 is 2.48 bits per heavy atom. The largest absolute Gasteiger partial charge is 0.491 e. The number of halogens is 1. The summed E-state index contributed by atoms with van der Waals surface area (Å²) in [6.07, 6.45) is 5.55. The molecule has 1 aromatic heterocycles. The summed E-state index contributed by atoms with van der Waals surface area (Å²) in [5.41, 5.74) is 3.95. The molecular weight excluding hydrogens is 581 g/mol. The van der Waals surface area contributed by atoms with E-state index in [0.717, 1.165) is 60.9 Å². The van der Waals surface area contributed by atoms with E-state index in [9.17, 15) is 17.6 Å². The minimum absolute atomic E-state index is 0.00390. The van der Waals surface area contributed by atoms with E-state index in [-0.39, 0.29) is 35.9 Å². The zero-order valence-electron chi connectivity index (χ0n) is 26.2. The van der Waals surface area contributed by atoms with Crippen molar-refractivity contribution in [3.63, 3.8) is 0 Å². The molecule has 1 amide bonds. The van der Waals surface area contributed by atoms with Crippen LogP contribution in [0.5, 0.6) is 5.75 Å². The van der Waals surface area contributed by atoms with Crippen LogP contribution in [-0.2, 0) is 16.8 Å². The van der Waals surface area contributed by atoms with E-state index in [2.05, 4.69) is 40.0 Å². The number of hydrogen-bond acceptors (Lipinski definition) is 6. The Kier molecular flexibility index (Phi) is 8.76. The number of aromatic nitrogens is 1. The van der Waals surface area contributed by atoms with Crippen molar-refractivity contribution in [2.75, 3.05) is 46.9 Å². The van der Waals surface area contributed by atoms with Crippen molar-refractivity contribution in [1.82, 2.24) is 23.4 Å². The Balaban J connectivity index is 1.57. The molecule has 11 heteroatoms. The van der Waals surface area contributed by atoms with Crippen molar-refractivity contribution in [1.29, 1.82) is 0 Å². The minimum atomic E-state index is -4.05. The third-order valence-corrected chi connectivity index (χ3v) is 11.3. The van der Waals surface area contributed by atoms with Gasteiger partial charge in [-0.3, -0.25) is 14.6 Å². The smallest absolute Gasteiger partial charge is 0.303 e. The predicted molar refractivity (Wildman–Crippen MR) is 171 cm³/mol. The number of likely N-dealkylation sites (N-methyl/N-ethyl adjacent to an activating group) is 2. The molecule has 3 heterocycles. The Morgan fingerprint density at radius 2 is 1.73 bits per heavy atom. The fraction of sp³-hybridized carbons (Fsp3) is 0.545. The molecular formula is C33H44FN5O4S. The van der Waals surface area contributed by atoms with Crippen molar-refractivity contribution >= 4 is 27.0 Å². The van der Waals surface area contributed by atoms with E-state index in [4.69, 9.17) is 4.74 Å². The molecule has 1 atom stereocenters. The van der Waals surface area contributed by atoms with Crippen LogP contribution in [0.25, 0.3) is 22.2 Å². The highest BCUT2D eigenvalue weighted by Gasteiger charge is 2.33. The molecule has 1 unspecified atom stereocenters. The summed E-state index contributed by atoms with van der Waals surface area (Å²) in [6, 6.07) is 10.4. The van der Waals surface area contributed by atoms with Crippen LogP contribution in [0, 0.1) is 5.82 Å². The summed E-state index contributed by atoms with van der Waals surface area (Å²) in [4.78, 5) is 18.0. The third-order valence-electron chi connectivity index (χ3n) is 9.83. The zero-order valence-corrected chi connectivity index (χ0v) is 27.0. The molecule has 238 valence electrons. The van der Waals surface area contributed by atoms with E-state index in [1.807, 2.05) is 6.07 Å². The van der Waals surface area contributed by atoms with Crippen LogP contribution in [0.3, 0.4) is 0 Å². The minimum Gasteiger partial charge on any atom is -0.491 e. The zero-order chi connectivity index (χ0) is 31.2. The summed E-state index contributed by atoms with van der Waals surface area (Å²) in [5, 5.41) is 1.02. The Hall–Kier alpha value is -2.99. The van der Waals surface area contributed by atoms with E-state index in [1.165, 1.54) is 29.4 Å². The average molecular weight is 626 g/mol. The normalized spacial score (nSPS) is 23.0. The van der Waals surface area contributed by atoms with Gasteiger partial charge >= 0.3 is 10.2 Å². The molecule has 44 heavy (non-hydrogen) atoms. The van der Waals surface area contributed by atoms with Gasteiger partial charge in [0.15, 0.2) is 0 Å². The van der Waals surface area contributed by atoms with Gasteiger partial charge in [0, 0.05) is 67.8 Å². The fourth-order valence-electron chi connectivity index (χ4n) is 7.07. The quantitative estimate of drug-likeness (QED) is 0.440. The van der Waals surface area contributed by atoms with Gasteiger partial charge in [-0.1, -0.05) is 25.3 Å². The third kappa shape index (κ3) is 5.99. The summed E-state index contributed by atoms with van der Waals surface area (Å²) in [5.74, 6) is -0.0613. The van der Waals surface area contributed by atoms with Crippen molar-refractivity contribution in [3.05, 3.63) is 53.3 Å². The van der Waals surface area contributed by atoms with Crippen LogP contribution < -0.4 is 9.46 Å². The van der Waals surface area contributed by atoms with Crippen LogP contribution in [0.4, 0.5) is 4.39 Å². The van der Waals surface area contributed by atoms with Gasteiger partial charge in [0.05, 0.1) is 11.7 Å². The van der Waals surface area contributed by atoms with Gasteiger partial charge in [0.2, 0.25) is 0 Å². The number of benzene rings is 2. The standard InChI is InChI=1S/C33H44FN5O4S/c1-22(2)38-16-14-36(3)26-20-39-29-18-24(33(40)35-44(41,42)37(4)15-17-38)10-12-27(29)31(23-8-6-5-7-9-23)32(39)28-19-25(34)11-13-30(28)43-21-26/h10-13,18-19,22-23,26H,5-9,14-17,20-21H2,1-4H3,(H,35,40). The maximum Gasteiger partial charge on any atom is 0.303 e. The highest BCUT2D eigenvalue weighted by Crippen LogP contribution is 2.47. The first-order valence-electron chi connectivity index (χ1n) is 15.8. The number of ether oxygens (including phenoxy) is 1. The number of nitrogens with one attached hydrogen (secondary N) is 1. The Labute approximate surface area is 260 Å². The number of amides is 1. The maximum absolute atomic E-state index is 14.9. The van der Waals surface area contributed by atoms with Gasteiger partial charge in [-0.25, -0.2) is 9.11 Å². The number of hydrogen-bond donors (Lipinski definition) is 1. The molecule has 6 rings (SSSR count). The molecule has 0 saturated heterocycles. The van der Waals surface area contributed by atoms with E-state index in [0.29, 0.717) is 25.4 Å². The van der Waals surface area contributed by atoms with Gasteiger partial charge in [-0.2, -0.15) is 12.7 Å². The van der Waals surface area contributed by atoms with Gasteiger partial charge in [0.1, 0.15) is 18.2 Å². The molecule has 0 spiro atoms. The number of fused-ring (bicyclic) bond motifs is 4. The summed E-state index contributed by atoms with van der Waals surface area (Å²) in [6.45, 7) is 7.49. The number of rotatable bonds is 2. The van der Waals surface area contributed by atoms with Crippen molar-refractivity contribution in [3.8, 4) is 17.0 Å². The van der Waals surface area contributed by atoms with Gasteiger partial charge < -0.3 is 9.30 Å². The van der Waals surface area contributed by atoms with Gasteiger partial charge in [-0.05, 0) is 75.5 Å². The topological polar surface area (TPSA) is 87.1 Å². The SMILES string of the molecule is CC(C)N1CCN(C)C2COc3ccc(F)cc3-c3c(C4CCCCC4)c4ccc(cc4n3C2)C(=O)NS(=O)(=O)N(C)CC1. The molecule has 0 radical (unpaired) electrons. The number of carbonyl (C=O) groups is 1. The molecule has 1 aliphatic carbocycles. The Morgan fingerprint density at radius 1 is 0.977 bits per heavy atom. The molecule has 3 aliphatic rings. The monoisotopic (exact) mass is 625 g/mol. The Bertz CT molecular complexity index is 1650. The van der Waals surface area contributed by atoms with Crippen LogP contribution in [0.1, 0.15) is 67.8 Å². The van der Waals surface area contributed by atoms with Crippen LogP contribution >= 0.6 is 0 Å². The molecule has 2 aliphatic heterocycles. The second-order valence-electron chi connectivity index (χ2n) is 12.9. The first-order chi connectivity index (χ1) is 21.0.